The van der Waals surface area contributed by atoms with Crippen LogP contribution in [0.3, 0.4) is 0 Å². The van der Waals surface area contributed by atoms with Crippen LogP contribution in [0.4, 0.5) is 0 Å². The van der Waals surface area contributed by atoms with E-state index < -0.39 is 0 Å². The highest BCUT2D eigenvalue weighted by Gasteiger charge is 2.05. The molecule has 0 N–H and O–H groups in total. The first-order valence-corrected chi connectivity index (χ1v) is 13.8. The molecule has 0 bridgehead atoms. The first-order chi connectivity index (χ1) is 19.6. The van der Waals surface area contributed by atoms with E-state index in [2.05, 4.69) is 10.3 Å². The van der Waals surface area contributed by atoms with Crippen molar-refractivity contribution in [3.63, 3.8) is 0 Å². The normalized spacial score (nSPS) is 11.3. The standard InChI is InChI=1S/C31H33N3O6/c35-30-15-11-23-9-13-26(19-28(23)39-30)37-18-8-6-4-2-1-3-5-7-17-34-21-25(32-33-34)22-38-27-14-10-24-12-16-31(36)40-29(24)20-27/h9-16,19-21H,1-8,17-18,22H2. The minimum absolute atomic E-state index is 0.300. The van der Waals surface area contributed by atoms with Crippen molar-refractivity contribution in [1.29, 1.82) is 0 Å². The van der Waals surface area contributed by atoms with E-state index >= 15 is 0 Å². The minimum atomic E-state index is -0.383. The molecule has 208 valence electrons. The molecule has 0 aliphatic carbocycles. The number of unbranched alkanes of at least 4 members (excludes halogenated alkanes) is 7. The van der Waals surface area contributed by atoms with Crippen molar-refractivity contribution in [1.82, 2.24) is 15.0 Å². The average Bonchev–Trinajstić information content (AvgIpc) is 3.42. The summed E-state index contributed by atoms with van der Waals surface area (Å²) in [5.74, 6) is 1.35. The van der Waals surface area contributed by atoms with E-state index in [1.165, 1.54) is 37.8 Å². The number of aryl methyl sites for hydroxylation is 1. The van der Waals surface area contributed by atoms with Gasteiger partial charge in [-0.25, -0.2) is 9.59 Å². The average molecular weight is 544 g/mol. The molecule has 0 saturated carbocycles. The summed E-state index contributed by atoms with van der Waals surface area (Å²) < 4.78 is 23.9. The number of aromatic nitrogens is 3. The molecular weight excluding hydrogens is 510 g/mol. The highest BCUT2D eigenvalue weighted by molar-refractivity contribution is 5.78. The van der Waals surface area contributed by atoms with Crippen LogP contribution in [-0.4, -0.2) is 21.6 Å². The lowest BCUT2D eigenvalue weighted by Crippen LogP contribution is -1.99. The fourth-order valence-corrected chi connectivity index (χ4v) is 4.56. The lowest BCUT2D eigenvalue weighted by atomic mass is 10.1. The zero-order valence-corrected chi connectivity index (χ0v) is 22.4. The molecule has 40 heavy (non-hydrogen) atoms. The summed E-state index contributed by atoms with van der Waals surface area (Å²) in [6.45, 7) is 1.80. The van der Waals surface area contributed by atoms with E-state index in [1.54, 1.807) is 24.3 Å². The number of benzene rings is 2. The molecule has 0 fully saturated rings. The maximum Gasteiger partial charge on any atom is 0.336 e. The molecule has 0 spiro atoms. The van der Waals surface area contributed by atoms with Crippen LogP contribution in [0.25, 0.3) is 21.9 Å². The van der Waals surface area contributed by atoms with Gasteiger partial charge in [0, 0.05) is 41.6 Å². The SMILES string of the molecule is O=c1ccc2ccc(OCCCCCCCCCCn3cc(COc4ccc5ccc(=O)oc5c4)nn3)cc2o1. The van der Waals surface area contributed by atoms with Crippen molar-refractivity contribution in [2.75, 3.05) is 6.61 Å². The van der Waals surface area contributed by atoms with E-state index in [-0.39, 0.29) is 11.3 Å². The first-order valence-electron chi connectivity index (χ1n) is 13.8. The predicted octanol–water partition coefficient (Wildman–Crippen LogP) is 6.27. The third-order valence-corrected chi connectivity index (χ3v) is 6.71. The van der Waals surface area contributed by atoms with Gasteiger partial charge in [-0.15, -0.1) is 5.10 Å². The number of rotatable bonds is 15. The van der Waals surface area contributed by atoms with Gasteiger partial charge in [-0.1, -0.05) is 43.7 Å². The van der Waals surface area contributed by atoms with Gasteiger partial charge in [0.25, 0.3) is 0 Å². The number of fused-ring (bicyclic) bond motifs is 2. The maximum absolute atomic E-state index is 11.4. The van der Waals surface area contributed by atoms with Gasteiger partial charge in [0.1, 0.15) is 35.0 Å². The fourth-order valence-electron chi connectivity index (χ4n) is 4.56. The Labute approximate surface area is 231 Å². The molecule has 0 aliphatic heterocycles. The van der Waals surface area contributed by atoms with E-state index in [4.69, 9.17) is 18.3 Å². The van der Waals surface area contributed by atoms with Crippen LogP contribution in [0.1, 0.15) is 57.1 Å². The molecule has 0 radical (unpaired) electrons. The van der Waals surface area contributed by atoms with Crippen molar-refractivity contribution in [3.05, 3.63) is 93.4 Å². The summed E-state index contributed by atoms with van der Waals surface area (Å²) in [7, 11) is 0. The molecule has 2 aromatic carbocycles. The lowest BCUT2D eigenvalue weighted by molar-refractivity contribution is 0.301. The van der Waals surface area contributed by atoms with Crippen molar-refractivity contribution in [2.24, 2.45) is 0 Å². The van der Waals surface area contributed by atoms with Gasteiger partial charge >= 0.3 is 11.3 Å². The lowest BCUT2D eigenvalue weighted by Gasteiger charge is -2.07. The molecular formula is C31H33N3O6. The number of hydrogen-bond donors (Lipinski definition) is 0. The summed E-state index contributed by atoms with van der Waals surface area (Å²) in [5.41, 5.74) is 1.07. The first kappa shape index (κ1) is 27.2. The van der Waals surface area contributed by atoms with Gasteiger partial charge < -0.3 is 18.3 Å². The Morgan fingerprint density at radius 2 is 1.20 bits per heavy atom. The molecule has 5 rings (SSSR count). The highest BCUT2D eigenvalue weighted by atomic mass is 16.5. The molecule has 3 heterocycles. The molecule has 0 atom stereocenters. The molecule has 3 aromatic heterocycles. The van der Waals surface area contributed by atoms with Gasteiger partial charge in [-0.05, 0) is 49.2 Å². The number of ether oxygens (including phenoxy) is 2. The Kier molecular flexibility index (Phi) is 9.24. The van der Waals surface area contributed by atoms with Crippen molar-refractivity contribution < 1.29 is 18.3 Å². The van der Waals surface area contributed by atoms with Crippen molar-refractivity contribution >= 4 is 21.9 Å². The summed E-state index contributed by atoms with van der Waals surface area (Å²) in [6, 6.07) is 17.3. The molecule has 0 aliphatic rings. The largest absolute Gasteiger partial charge is 0.493 e. The van der Waals surface area contributed by atoms with Crippen LogP contribution in [0, 0.1) is 0 Å². The quantitative estimate of drug-likeness (QED) is 0.112. The predicted molar refractivity (Wildman–Crippen MR) is 152 cm³/mol. The summed E-state index contributed by atoms with van der Waals surface area (Å²) in [4.78, 5) is 22.8. The zero-order chi connectivity index (χ0) is 27.6. The Morgan fingerprint density at radius 1 is 0.650 bits per heavy atom. The number of nitrogens with zero attached hydrogens (tertiary/aromatic N) is 3. The van der Waals surface area contributed by atoms with E-state index in [1.807, 2.05) is 35.1 Å². The van der Waals surface area contributed by atoms with Crippen LogP contribution < -0.4 is 20.7 Å². The second kappa shape index (κ2) is 13.6. The van der Waals surface area contributed by atoms with Gasteiger partial charge in [0.2, 0.25) is 0 Å². The van der Waals surface area contributed by atoms with Crippen molar-refractivity contribution in [3.8, 4) is 11.5 Å². The monoisotopic (exact) mass is 543 g/mol. The molecule has 0 unspecified atom stereocenters. The Hall–Kier alpha value is -4.40. The Morgan fingerprint density at radius 3 is 1.85 bits per heavy atom. The van der Waals surface area contributed by atoms with E-state index in [0.29, 0.717) is 30.1 Å². The van der Waals surface area contributed by atoms with Crippen LogP contribution in [0.5, 0.6) is 11.5 Å². The second-order valence-electron chi connectivity index (χ2n) is 9.85. The van der Waals surface area contributed by atoms with Gasteiger partial charge in [-0.3, -0.25) is 4.68 Å². The van der Waals surface area contributed by atoms with E-state index in [9.17, 15) is 9.59 Å². The van der Waals surface area contributed by atoms with Crippen LogP contribution in [0.15, 0.2) is 85.3 Å². The topological polar surface area (TPSA) is 110 Å². The Bertz CT molecular complexity index is 1650. The third-order valence-electron chi connectivity index (χ3n) is 6.71. The molecule has 5 aromatic rings. The second-order valence-corrected chi connectivity index (χ2v) is 9.85. The maximum atomic E-state index is 11.4. The molecule has 0 saturated heterocycles. The smallest absolute Gasteiger partial charge is 0.336 e. The third kappa shape index (κ3) is 7.81. The molecule has 9 heteroatoms. The van der Waals surface area contributed by atoms with Crippen LogP contribution in [0.2, 0.25) is 0 Å². The minimum Gasteiger partial charge on any atom is -0.493 e. The van der Waals surface area contributed by atoms with Gasteiger partial charge in [-0.2, -0.15) is 0 Å². The van der Waals surface area contributed by atoms with Crippen LogP contribution >= 0.6 is 0 Å². The Balaban J connectivity index is 0.896. The highest BCUT2D eigenvalue weighted by Crippen LogP contribution is 2.21. The summed E-state index contributed by atoms with van der Waals surface area (Å²) in [6.07, 6.45) is 11.1. The fraction of sp³-hybridized carbons (Fsp3) is 0.355. The van der Waals surface area contributed by atoms with Gasteiger partial charge in [0.05, 0.1) is 12.8 Å². The van der Waals surface area contributed by atoms with Crippen LogP contribution in [-0.2, 0) is 13.2 Å². The van der Waals surface area contributed by atoms with E-state index in [0.717, 1.165) is 54.4 Å². The van der Waals surface area contributed by atoms with Crippen molar-refractivity contribution in [2.45, 2.75) is 64.5 Å². The summed E-state index contributed by atoms with van der Waals surface area (Å²) in [5, 5.41) is 10.1. The van der Waals surface area contributed by atoms with Gasteiger partial charge in [0.15, 0.2) is 0 Å². The molecule has 0 amide bonds. The number of hydrogen-bond acceptors (Lipinski definition) is 8. The zero-order valence-electron chi connectivity index (χ0n) is 22.4. The molecule has 9 nitrogen and oxygen atoms in total. The summed E-state index contributed by atoms with van der Waals surface area (Å²) >= 11 is 0.